The van der Waals surface area contributed by atoms with Gasteiger partial charge in [-0.1, -0.05) is 12.1 Å². The predicted molar refractivity (Wildman–Crippen MR) is 131 cm³/mol. The first-order valence-corrected chi connectivity index (χ1v) is 10.8. The topological polar surface area (TPSA) is 108 Å². The van der Waals surface area contributed by atoms with Crippen molar-refractivity contribution in [3.05, 3.63) is 75.7 Å². The molecular formula is C25H23ClF4N4O3. The Kier molecular flexibility index (Phi) is 9.06. The zero-order valence-corrected chi connectivity index (χ0v) is 20.8. The number of nitrogens with zero attached hydrogens (tertiary/aromatic N) is 2. The van der Waals surface area contributed by atoms with Crippen LogP contribution in [0.3, 0.4) is 0 Å². The fraction of sp³-hybridized carbons (Fsp3) is 0.280. The van der Waals surface area contributed by atoms with E-state index in [1.165, 1.54) is 44.3 Å². The summed E-state index contributed by atoms with van der Waals surface area (Å²) in [6, 6.07) is 8.03. The molecule has 0 fully saturated rings. The SMILES string of the molecule is CCOc1cc(-c2ccc(CC(=O)Nc3cnc(C(C)(C)C#N)c(C(F)(F)F)c3)c(F)c2)c[nH]c1=O.Cl. The van der Waals surface area contributed by atoms with Gasteiger partial charge in [0.05, 0.1) is 47.7 Å². The van der Waals surface area contributed by atoms with E-state index in [0.29, 0.717) is 17.2 Å². The van der Waals surface area contributed by atoms with Crippen LogP contribution in [-0.2, 0) is 22.8 Å². The molecule has 3 aromatic rings. The summed E-state index contributed by atoms with van der Waals surface area (Å²) < 4.78 is 60.7. The molecule has 196 valence electrons. The lowest BCUT2D eigenvalue weighted by atomic mass is 9.87. The van der Waals surface area contributed by atoms with Gasteiger partial charge in [-0.05, 0) is 50.1 Å². The van der Waals surface area contributed by atoms with Crippen molar-refractivity contribution in [1.29, 1.82) is 5.26 Å². The van der Waals surface area contributed by atoms with Crippen LogP contribution in [0.15, 0.2) is 47.5 Å². The average Bonchev–Trinajstić information content (AvgIpc) is 2.81. The second-order valence-electron chi connectivity index (χ2n) is 8.40. The largest absolute Gasteiger partial charge is 0.488 e. The Morgan fingerprint density at radius 1 is 1.19 bits per heavy atom. The van der Waals surface area contributed by atoms with Gasteiger partial charge in [0.25, 0.3) is 5.56 Å². The van der Waals surface area contributed by atoms with E-state index in [9.17, 15) is 32.4 Å². The van der Waals surface area contributed by atoms with Crippen LogP contribution in [0.4, 0.5) is 23.2 Å². The lowest BCUT2D eigenvalue weighted by molar-refractivity contribution is -0.138. The summed E-state index contributed by atoms with van der Waals surface area (Å²) in [5, 5.41) is 11.5. The normalized spacial score (nSPS) is 11.3. The Morgan fingerprint density at radius 3 is 2.49 bits per heavy atom. The summed E-state index contributed by atoms with van der Waals surface area (Å²) in [5.41, 5.74) is -2.87. The number of rotatable bonds is 7. The van der Waals surface area contributed by atoms with Crippen LogP contribution in [0.5, 0.6) is 5.75 Å². The molecule has 37 heavy (non-hydrogen) atoms. The molecule has 0 saturated carbocycles. The van der Waals surface area contributed by atoms with Crippen molar-refractivity contribution in [3.63, 3.8) is 0 Å². The highest BCUT2D eigenvalue weighted by atomic mass is 35.5. The highest BCUT2D eigenvalue weighted by Crippen LogP contribution is 2.37. The van der Waals surface area contributed by atoms with Crippen LogP contribution < -0.4 is 15.6 Å². The van der Waals surface area contributed by atoms with Gasteiger partial charge in [0.1, 0.15) is 5.82 Å². The van der Waals surface area contributed by atoms with Crippen LogP contribution in [-0.4, -0.2) is 22.5 Å². The number of anilines is 1. The monoisotopic (exact) mass is 538 g/mol. The maximum absolute atomic E-state index is 14.7. The van der Waals surface area contributed by atoms with Crippen molar-refractivity contribution in [2.24, 2.45) is 0 Å². The molecular weight excluding hydrogens is 516 g/mol. The summed E-state index contributed by atoms with van der Waals surface area (Å²) in [7, 11) is 0. The third-order valence-corrected chi connectivity index (χ3v) is 5.25. The van der Waals surface area contributed by atoms with E-state index in [0.717, 1.165) is 6.20 Å². The number of H-pyrrole nitrogens is 1. The first-order valence-electron chi connectivity index (χ1n) is 10.8. The van der Waals surface area contributed by atoms with Gasteiger partial charge in [-0.3, -0.25) is 14.6 Å². The van der Waals surface area contributed by atoms with Gasteiger partial charge in [-0.15, -0.1) is 12.4 Å². The number of pyridine rings is 2. The van der Waals surface area contributed by atoms with Crippen LogP contribution >= 0.6 is 12.4 Å². The maximum atomic E-state index is 14.7. The second kappa shape index (κ2) is 11.4. The Hall–Kier alpha value is -3.91. The molecule has 0 aliphatic rings. The molecule has 0 aliphatic heterocycles. The number of benzene rings is 1. The van der Waals surface area contributed by atoms with Gasteiger partial charge in [0, 0.05) is 11.8 Å². The molecule has 2 aromatic heterocycles. The number of halogens is 5. The lowest BCUT2D eigenvalue weighted by Crippen LogP contribution is -2.24. The number of alkyl halides is 3. The number of hydrogen-bond donors (Lipinski definition) is 2. The van der Waals surface area contributed by atoms with Crippen molar-refractivity contribution in [3.8, 4) is 22.9 Å². The van der Waals surface area contributed by atoms with Crippen molar-refractivity contribution < 1.29 is 27.1 Å². The number of amides is 1. The third kappa shape index (κ3) is 6.86. The van der Waals surface area contributed by atoms with Gasteiger partial charge < -0.3 is 15.0 Å². The van der Waals surface area contributed by atoms with Crippen LogP contribution in [0.25, 0.3) is 11.1 Å². The summed E-state index contributed by atoms with van der Waals surface area (Å²) in [4.78, 5) is 30.5. The van der Waals surface area contributed by atoms with Gasteiger partial charge in [0.15, 0.2) is 5.75 Å². The third-order valence-electron chi connectivity index (χ3n) is 5.25. The molecule has 2 heterocycles. The quantitative estimate of drug-likeness (QED) is 0.392. The minimum absolute atomic E-state index is 0. The van der Waals surface area contributed by atoms with Crippen molar-refractivity contribution in [1.82, 2.24) is 9.97 Å². The molecule has 1 aromatic carbocycles. The molecule has 1 amide bonds. The smallest absolute Gasteiger partial charge is 0.418 e. The van der Waals surface area contributed by atoms with Gasteiger partial charge in [-0.2, -0.15) is 18.4 Å². The van der Waals surface area contributed by atoms with E-state index in [-0.39, 0.29) is 36.0 Å². The number of aromatic nitrogens is 2. The highest BCUT2D eigenvalue weighted by molar-refractivity contribution is 5.92. The zero-order chi connectivity index (χ0) is 26.7. The summed E-state index contributed by atoms with van der Waals surface area (Å²) in [6.07, 6.45) is -2.83. The van der Waals surface area contributed by atoms with E-state index in [2.05, 4.69) is 15.3 Å². The number of ether oxygens (including phenoxy) is 1. The van der Waals surface area contributed by atoms with E-state index in [4.69, 9.17) is 4.74 Å². The van der Waals surface area contributed by atoms with E-state index < -0.39 is 46.6 Å². The van der Waals surface area contributed by atoms with Crippen molar-refractivity contribution >= 4 is 24.0 Å². The molecule has 2 N–H and O–H groups in total. The minimum atomic E-state index is -4.80. The van der Waals surface area contributed by atoms with Crippen molar-refractivity contribution in [2.45, 2.75) is 38.8 Å². The van der Waals surface area contributed by atoms with Crippen LogP contribution in [0, 0.1) is 17.1 Å². The van der Waals surface area contributed by atoms with Crippen LogP contribution in [0.2, 0.25) is 0 Å². The molecule has 12 heteroatoms. The molecule has 0 atom stereocenters. The first-order chi connectivity index (χ1) is 16.9. The first kappa shape index (κ1) is 29.3. The average molecular weight is 539 g/mol. The fourth-order valence-corrected chi connectivity index (χ4v) is 3.44. The van der Waals surface area contributed by atoms with Crippen LogP contribution in [0.1, 0.15) is 37.6 Å². The lowest BCUT2D eigenvalue weighted by Gasteiger charge is -2.21. The molecule has 0 radical (unpaired) electrons. The molecule has 0 spiro atoms. The number of carbonyl (C=O) groups is 1. The highest BCUT2D eigenvalue weighted by Gasteiger charge is 2.39. The number of nitrogens with one attached hydrogen (secondary N) is 2. The number of aromatic amines is 1. The van der Waals surface area contributed by atoms with Gasteiger partial charge >= 0.3 is 6.18 Å². The summed E-state index contributed by atoms with van der Waals surface area (Å²) in [6.45, 7) is 4.60. The van der Waals surface area contributed by atoms with Gasteiger partial charge in [0.2, 0.25) is 5.91 Å². The molecule has 0 bridgehead atoms. The molecule has 0 aliphatic carbocycles. The zero-order valence-electron chi connectivity index (χ0n) is 20.0. The Morgan fingerprint density at radius 2 is 1.89 bits per heavy atom. The number of nitriles is 1. The van der Waals surface area contributed by atoms with Gasteiger partial charge in [-0.25, -0.2) is 4.39 Å². The molecule has 3 rings (SSSR count). The predicted octanol–water partition coefficient (Wildman–Crippen LogP) is 5.40. The number of carbonyl (C=O) groups excluding carboxylic acids is 1. The Labute approximate surface area is 215 Å². The molecule has 0 unspecified atom stereocenters. The number of hydrogen-bond acceptors (Lipinski definition) is 5. The minimum Gasteiger partial charge on any atom is -0.488 e. The standard InChI is InChI=1S/C25H22F4N4O3.ClH/c1-4-36-20-8-16(11-32-23(20)35)14-5-6-15(19(26)7-14)9-21(34)33-17-10-18(25(27,28)29)22(31-12-17)24(2,3)13-30;/h5-8,10-12H,4,9H2,1-3H3,(H,32,35)(H,33,34);1H. The fourth-order valence-electron chi connectivity index (χ4n) is 3.44. The summed E-state index contributed by atoms with van der Waals surface area (Å²) in [5.74, 6) is -1.39. The van der Waals surface area contributed by atoms with E-state index in [1.54, 1.807) is 13.0 Å². The molecule has 7 nitrogen and oxygen atoms in total. The van der Waals surface area contributed by atoms with Crippen molar-refractivity contribution in [2.75, 3.05) is 11.9 Å². The molecule has 0 saturated heterocycles. The maximum Gasteiger partial charge on any atom is 0.418 e. The van der Waals surface area contributed by atoms with E-state index in [1.807, 2.05) is 0 Å². The Bertz CT molecular complexity index is 1400. The summed E-state index contributed by atoms with van der Waals surface area (Å²) >= 11 is 0. The Balaban J connectivity index is 0.00000481. The van der Waals surface area contributed by atoms with E-state index >= 15 is 0 Å². The second-order valence-corrected chi connectivity index (χ2v) is 8.40.